The van der Waals surface area contributed by atoms with Gasteiger partial charge in [-0.25, -0.2) is 9.78 Å². The molecule has 2 aromatic carbocycles. The second-order valence-corrected chi connectivity index (χ2v) is 9.43. The molecule has 0 fully saturated rings. The molecule has 0 N–H and O–H groups in total. The van der Waals surface area contributed by atoms with E-state index < -0.39 is 17.9 Å². The van der Waals surface area contributed by atoms with Crippen LogP contribution in [0.3, 0.4) is 0 Å². The summed E-state index contributed by atoms with van der Waals surface area (Å²) < 4.78 is 22.7. The zero-order chi connectivity index (χ0) is 27.0. The molecule has 1 aliphatic heterocycles. The van der Waals surface area contributed by atoms with Gasteiger partial charge >= 0.3 is 5.97 Å². The van der Waals surface area contributed by atoms with Crippen molar-refractivity contribution in [1.29, 1.82) is 0 Å². The molecule has 1 aliphatic rings. The number of rotatable bonds is 8. The number of aryl methyl sites for hydroxylation is 1. The number of carbonyl (C=O) groups is 2. The second kappa shape index (κ2) is 10.3. The molecule has 5 rings (SSSR count). The molecule has 1 atom stereocenters. The van der Waals surface area contributed by atoms with Crippen LogP contribution in [0, 0.1) is 6.92 Å². The predicted molar refractivity (Wildman–Crippen MR) is 143 cm³/mol. The van der Waals surface area contributed by atoms with Crippen molar-refractivity contribution in [2.75, 3.05) is 24.7 Å². The highest BCUT2D eigenvalue weighted by atomic mass is 32.1. The van der Waals surface area contributed by atoms with E-state index in [1.165, 1.54) is 4.90 Å². The predicted octanol–water partition coefficient (Wildman–Crippen LogP) is 5.28. The first-order valence-electron chi connectivity index (χ1n) is 12.3. The van der Waals surface area contributed by atoms with E-state index in [1.807, 2.05) is 13.8 Å². The number of para-hydroxylation sites is 1. The zero-order valence-corrected chi connectivity index (χ0v) is 22.2. The van der Waals surface area contributed by atoms with Crippen molar-refractivity contribution >= 4 is 39.3 Å². The summed E-state index contributed by atoms with van der Waals surface area (Å²) in [5.41, 5.74) is 1.24. The second-order valence-electron chi connectivity index (χ2n) is 8.45. The van der Waals surface area contributed by atoms with Crippen LogP contribution in [-0.2, 0) is 4.74 Å². The van der Waals surface area contributed by atoms with Crippen LogP contribution in [0.4, 0.5) is 5.13 Å². The third-order valence-electron chi connectivity index (χ3n) is 6.11. The van der Waals surface area contributed by atoms with E-state index in [-0.39, 0.29) is 33.4 Å². The van der Waals surface area contributed by atoms with Crippen LogP contribution in [0.15, 0.2) is 51.7 Å². The molecule has 0 radical (unpaired) electrons. The van der Waals surface area contributed by atoms with Crippen molar-refractivity contribution in [3.05, 3.63) is 80.1 Å². The van der Waals surface area contributed by atoms with E-state index in [1.54, 1.807) is 56.3 Å². The fourth-order valence-electron chi connectivity index (χ4n) is 4.54. The number of benzene rings is 2. The van der Waals surface area contributed by atoms with Gasteiger partial charge in [-0.3, -0.25) is 14.5 Å². The average Bonchev–Trinajstić information content (AvgIpc) is 3.43. The largest absolute Gasteiger partial charge is 0.490 e. The monoisotopic (exact) mass is 534 g/mol. The molecule has 0 aliphatic carbocycles. The summed E-state index contributed by atoms with van der Waals surface area (Å²) in [4.78, 5) is 46.4. The first kappa shape index (κ1) is 25.5. The molecule has 0 spiro atoms. The Hall–Kier alpha value is -4.18. The summed E-state index contributed by atoms with van der Waals surface area (Å²) >= 11 is 1.03. The molecule has 1 amide bonds. The lowest BCUT2D eigenvalue weighted by molar-refractivity contribution is 0.0531. The lowest BCUT2D eigenvalue weighted by Crippen LogP contribution is -2.29. The molecule has 9 nitrogen and oxygen atoms in total. The molecule has 10 heteroatoms. The van der Waals surface area contributed by atoms with Gasteiger partial charge in [0.15, 0.2) is 22.1 Å². The lowest BCUT2D eigenvalue weighted by atomic mass is 9.98. The number of fused-ring (bicyclic) bond motifs is 2. The summed E-state index contributed by atoms with van der Waals surface area (Å²) in [6.45, 7) is 8.18. The number of esters is 1. The van der Waals surface area contributed by atoms with E-state index in [0.717, 1.165) is 11.3 Å². The molecule has 0 bridgehead atoms. The van der Waals surface area contributed by atoms with Crippen LogP contribution < -0.4 is 19.8 Å². The van der Waals surface area contributed by atoms with Gasteiger partial charge in [0.05, 0.1) is 42.5 Å². The average molecular weight is 535 g/mol. The number of amides is 1. The maximum absolute atomic E-state index is 13.9. The number of hydrogen-bond acceptors (Lipinski definition) is 9. The quantitative estimate of drug-likeness (QED) is 0.281. The van der Waals surface area contributed by atoms with Crippen LogP contribution in [-0.4, -0.2) is 36.7 Å². The molecule has 4 aromatic rings. The number of ether oxygens (including phenoxy) is 3. The van der Waals surface area contributed by atoms with E-state index in [0.29, 0.717) is 46.9 Å². The summed E-state index contributed by atoms with van der Waals surface area (Å²) in [5, 5.41) is 0.617. The number of anilines is 1. The molecule has 0 unspecified atom stereocenters. The van der Waals surface area contributed by atoms with E-state index in [9.17, 15) is 14.4 Å². The smallest absolute Gasteiger partial charge is 0.350 e. The highest BCUT2D eigenvalue weighted by molar-refractivity contribution is 7.17. The van der Waals surface area contributed by atoms with Gasteiger partial charge in [-0.1, -0.05) is 29.5 Å². The van der Waals surface area contributed by atoms with Crippen molar-refractivity contribution in [2.45, 2.75) is 33.7 Å². The molecule has 196 valence electrons. The molecular formula is C28H26N2O7S. The number of hydrogen-bond donors (Lipinski definition) is 0. The van der Waals surface area contributed by atoms with Crippen LogP contribution >= 0.6 is 11.3 Å². The molecule has 3 heterocycles. The normalized spacial score (nSPS) is 14.6. The fraction of sp³-hybridized carbons (Fsp3) is 0.286. The molecule has 0 saturated carbocycles. The Morgan fingerprint density at radius 1 is 1.03 bits per heavy atom. The first-order chi connectivity index (χ1) is 18.4. The Balaban J connectivity index is 1.74. The van der Waals surface area contributed by atoms with Crippen LogP contribution in [0.25, 0.3) is 11.0 Å². The van der Waals surface area contributed by atoms with E-state index in [2.05, 4.69) is 4.98 Å². The first-order valence-corrected chi connectivity index (χ1v) is 13.1. The van der Waals surface area contributed by atoms with E-state index in [4.69, 9.17) is 18.6 Å². The summed E-state index contributed by atoms with van der Waals surface area (Å²) in [5.74, 6) is -0.0659. The third-order valence-corrected chi connectivity index (χ3v) is 7.25. The minimum Gasteiger partial charge on any atom is -0.490 e. The van der Waals surface area contributed by atoms with Crippen molar-refractivity contribution in [3.8, 4) is 11.5 Å². The number of aromatic nitrogens is 1. The Morgan fingerprint density at radius 3 is 2.50 bits per heavy atom. The number of carbonyl (C=O) groups excluding carboxylic acids is 2. The van der Waals surface area contributed by atoms with Gasteiger partial charge in [0.2, 0.25) is 5.76 Å². The molecule has 38 heavy (non-hydrogen) atoms. The standard InChI is InChI=1S/C28H26N2O7S/c1-5-34-19-13-12-16(14-20(19)35-6-2)22-21-23(31)17-10-8-9-11-18(17)37-24(21)26(32)30(22)28-29-15(4)25(38-28)27(33)36-7-3/h8-14,22H,5-7H2,1-4H3/t22-/m0/s1. The minimum absolute atomic E-state index is 0.0592. The maximum Gasteiger partial charge on any atom is 0.350 e. The Kier molecular flexibility index (Phi) is 6.90. The maximum atomic E-state index is 13.9. The number of nitrogens with zero attached hydrogens (tertiary/aromatic N) is 2. The summed E-state index contributed by atoms with van der Waals surface area (Å²) in [7, 11) is 0. The molecule has 0 saturated heterocycles. The van der Waals surface area contributed by atoms with Gasteiger partial charge in [-0.15, -0.1) is 0 Å². The SMILES string of the molecule is CCOC(=O)c1sc(N2C(=O)c3oc4ccccc4c(=O)c3[C@@H]2c2ccc(OCC)c(OCC)c2)nc1C. The lowest BCUT2D eigenvalue weighted by Gasteiger charge is -2.23. The van der Waals surface area contributed by atoms with Gasteiger partial charge < -0.3 is 18.6 Å². The fourth-order valence-corrected chi connectivity index (χ4v) is 5.53. The van der Waals surface area contributed by atoms with Gasteiger partial charge in [0.25, 0.3) is 5.91 Å². The third kappa shape index (κ3) is 4.20. The van der Waals surface area contributed by atoms with Crippen molar-refractivity contribution in [1.82, 2.24) is 4.98 Å². The van der Waals surface area contributed by atoms with Gasteiger partial charge in [-0.2, -0.15) is 0 Å². The van der Waals surface area contributed by atoms with Gasteiger partial charge in [0.1, 0.15) is 10.5 Å². The number of thiazole rings is 1. The van der Waals surface area contributed by atoms with Gasteiger partial charge in [-0.05, 0) is 57.5 Å². The highest BCUT2D eigenvalue weighted by Crippen LogP contribution is 2.44. The molecular weight excluding hydrogens is 508 g/mol. The topological polar surface area (TPSA) is 108 Å². The zero-order valence-electron chi connectivity index (χ0n) is 21.4. The van der Waals surface area contributed by atoms with Crippen molar-refractivity contribution in [3.63, 3.8) is 0 Å². The van der Waals surface area contributed by atoms with Crippen LogP contribution in [0.2, 0.25) is 0 Å². The summed E-state index contributed by atoms with van der Waals surface area (Å²) in [6.07, 6.45) is 0. The highest BCUT2D eigenvalue weighted by Gasteiger charge is 2.45. The van der Waals surface area contributed by atoms with Gasteiger partial charge in [0, 0.05) is 0 Å². The van der Waals surface area contributed by atoms with E-state index >= 15 is 0 Å². The molecule has 2 aromatic heterocycles. The van der Waals surface area contributed by atoms with Crippen LogP contribution in [0.5, 0.6) is 11.5 Å². The Bertz CT molecular complexity index is 1610. The minimum atomic E-state index is -0.867. The van der Waals surface area contributed by atoms with Crippen LogP contribution in [0.1, 0.15) is 63.9 Å². The van der Waals surface area contributed by atoms with Crippen molar-refractivity contribution < 1.29 is 28.2 Å². The Labute approximate surface area is 222 Å². The van der Waals surface area contributed by atoms with Crippen molar-refractivity contribution in [2.24, 2.45) is 0 Å². The Morgan fingerprint density at radius 2 is 1.76 bits per heavy atom. The summed E-state index contributed by atoms with van der Waals surface area (Å²) in [6, 6.07) is 11.2.